The van der Waals surface area contributed by atoms with Crippen LogP contribution < -0.4 is 24.7 Å². The van der Waals surface area contributed by atoms with E-state index in [1.165, 1.54) is 0 Å². The Morgan fingerprint density at radius 1 is 1.00 bits per heavy atom. The van der Waals surface area contributed by atoms with Gasteiger partial charge in [-0.15, -0.1) is 0 Å². The highest BCUT2D eigenvalue weighted by molar-refractivity contribution is 5.74. The Bertz CT molecular complexity index is 1290. The monoisotopic (exact) mass is 484 g/mol. The molecular formula is C29H28N2O5. The number of fused-ring (bicyclic) bond motifs is 1. The zero-order valence-corrected chi connectivity index (χ0v) is 20.3. The number of ether oxygens (including phenoxy) is 4. The van der Waals surface area contributed by atoms with Crippen molar-refractivity contribution in [3.05, 3.63) is 94.9 Å². The molecule has 7 heteroatoms. The number of unbranched alkanes of at least 4 members (excludes halogenated alkanes) is 1. The summed E-state index contributed by atoms with van der Waals surface area (Å²) in [5.41, 5.74) is 9.14. The number of allylic oxidation sites excluding steroid dienone is 1. The van der Waals surface area contributed by atoms with Gasteiger partial charge < -0.3 is 24.7 Å². The van der Waals surface area contributed by atoms with Crippen LogP contribution >= 0.6 is 0 Å². The fourth-order valence-corrected chi connectivity index (χ4v) is 3.87. The lowest BCUT2D eigenvalue weighted by molar-refractivity contribution is -0.136. The lowest BCUT2D eigenvalue weighted by Crippen LogP contribution is -2.21. The highest BCUT2D eigenvalue weighted by Crippen LogP contribution is 2.43. The second-order valence-electron chi connectivity index (χ2n) is 8.47. The molecule has 1 heterocycles. The molecule has 7 nitrogen and oxygen atoms in total. The Morgan fingerprint density at radius 3 is 2.36 bits per heavy atom. The van der Waals surface area contributed by atoms with Crippen LogP contribution in [0, 0.1) is 18.3 Å². The van der Waals surface area contributed by atoms with Crippen molar-refractivity contribution in [2.45, 2.75) is 32.6 Å². The normalized spacial score (nSPS) is 14.3. The number of benzene rings is 3. The molecule has 2 N–H and O–H groups in total. The van der Waals surface area contributed by atoms with E-state index in [9.17, 15) is 10.1 Å². The van der Waals surface area contributed by atoms with E-state index >= 15 is 0 Å². The molecule has 1 aliphatic rings. The van der Waals surface area contributed by atoms with Crippen LogP contribution in [0.2, 0.25) is 0 Å². The number of hydrogen-bond donors (Lipinski definition) is 1. The molecular weight excluding hydrogens is 456 g/mol. The average Bonchev–Trinajstić information content (AvgIpc) is 2.88. The number of esters is 1. The summed E-state index contributed by atoms with van der Waals surface area (Å²) >= 11 is 0. The zero-order chi connectivity index (χ0) is 25.5. The van der Waals surface area contributed by atoms with E-state index in [1.54, 1.807) is 30.3 Å². The highest BCUT2D eigenvalue weighted by Gasteiger charge is 2.31. The van der Waals surface area contributed by atoms with Gasteiger partial charge in [0.15, 0.2) is 6.61 Å². The van der Waals surface area contributed by atoms with Gasteiger partial charge in [0.1, 0.15) is 34.6 Å². The van der Waals surface area contributed by atoms with Crippen molar-refractivity contribution in [1.29, 1.82) is 5.26 Å². The van der Waals surface area contributed by atoms with Crippen LogP contribution in [0.4, 0.5) is 0 Å². The Hall–Kier alpha value is -4.44. The second-order valence-corrected chi connectivity index (χ2v) is 8.47. The molecule has 3 aromatic rings. The van der Waals surface area contributed by atoms with Crippen LogP contribution in [0.5, 0.6) is 23.0 Å². The molecule has 184 valence electrons. The Balaban J connectivity index is 1.50. The lowest BCUT2D eigenvalue weighted by atomic mass is 9.83. The lowest BCUT2D eigenvalue weighted by Gasteiger charge is -2.26. The van der Waals surface area contributed by atoms with E-state index in [0.717, 1.165) is 35.3 Å². The molecule has 0 aliphatic carbocycles. The topological polar surface area (TPSA) is 104 Å². The van der Waals surface area contributed by atoms with Crippen LogP contribution in [0.3, 0.4) is 0 Å². The number of nitrogens with two attached hydrogens (primary N) is 1. The maximum absolute atomic E-state index is 12.3. The molecule has 0 bridgehead atoms. The zero-order valence-electron chi connectivity index (χ0n) is 20.3. The van der Waals surface area contributed by atoms with E-state index in [2.05, 4.69) is 13.0 Å². The summed E-state index contributed by atoms with van der Waals surface area (Å²) in [7, 11) is 0. The van der Waals surface area contributed by atoms with Crippen LogP contribution in [0.15, 0.2) is 78.2 Å². The highest BCUT2D eigenvalue weighted by atomic mass is 16.6. The predicted octanol–water partition coefficient (Wildman–Crippen LogP) is 5.38. The molecule has 1 atom stereocenters. The third-order valence-corrected chi connectivity index (χ3v) is 5.78. The van der Waals surface area contributed by atoms with Gasteiger partial charge in [0.25, 0.3) is 0 Å². The summed E-state index contributed by atoms with van der Waals surface area (Å²) in [6.07, 6.45) is 2.04. The van der Waals surface area contributed by atoms with Crippen molar-refractivity contribution in [3.8, 4) is 29.1 Å². The molecule has 0 saturated heterocycles. The predicted molar refractivity (Wildman–Crippen MR) is 135 cm³/mol. The van der Waals surface area contributed by atoms with Gasteiger partial charge in [-0.3, -0.25) is 0 Å². The van der Waals surface area contributed by atoms with Crippen LogP contribution in [-0.4, -0.2) is 19.2 Å². The Morgan fingerprint density at radius 2 is 1.67 bits per heavy atom. The maximum Gasteiger partial charge on any atom is 0.349 e. The van der Waals surface area contributed by atoms with Crippen molar-refractivity contribution in [3.63, 3.8) is 0 Å². The summed E-state index contributed by atoms with van der Waals surface area (Å²) in [4.78, 5) is 12.3. The van der Waals surface area contributed by atoms with E-state index in [-0.39, 0.29) is 18.2 Å². The minimum Gasteiger partial charge on any atom is -0.494 e. The number of rotatable bonds is 9. The first-order valence-corrected chi connectivity index (χ1v) is 11.8. The number of aryl methyl sites for hydroxylation is 1. The summed E-state index contributed by atoms with van der Waals surface area (Å²) in [5, 5.41) is 9.78. The fourth-order valence-electron chi connectivity index (χ4n) is 3.87. The molecule has 0 fully saturated rings. The Kier molecular flexibility index (Phi) is 7.76. The molecule has 36 heavy (non-hydrogen) atoms. The van der Waals surface area contributed by atoms with Crippen molar-refractivity contribution in [2.75, 3.05) is 13.2 Å². The molecule has 3 aromatic carbocycles. The second kappa shape index (κ2) is 11.3. The van der Waals surface area contributed by atoms with Crippen molar-refractivity contribution in [1.82, 2.24) is 0 Å². The van der Waals surface area contributed by atoms with Crippen LogP contribution in [0.25, 0.3) is 0 Å². The van der Waals surface area contributed by atoms with Crippen LogP contribution in [0.1, 0.15) is 42.4 Å². The third kappa shape index (κ3) is 5.78. The summed E-state index contributed by atoms with van der Waals surface area (Å²) in [5.74, 6) is 1.11. The first kappa shape index (κ1) is 24.7. The quantitative estimate of drug-likeness (QED) is 0.247. The Labute approximate surface area is 210 Å². The summed E-state index contributed by atoms with van der Waals surface area (Å²) < 4.78 is 22.4. The van der Waals surface area contributed by atoms with Crippen molar-refractivity contribution < 1.29 is 23.7 Å². The molecule has 1 aliphatic heterocycles. The number of nitriles is 1. The van der Waals surface area contributed by atoms with Gasteiger partial charge in [-0.05, 0) is 49.2 Å². The van der Waals surface area contributed by atoms with Gasteiger partial charge in [0, 0.05) is 11.6 Å². The minimum atomic E-state index is -0.553. The van der Waals surface area contributed by atoms with Gasteiger partial charge in [-0.1, -0.05) is 49.2 Å². The van der Waals surface area contributed by atoms with Gasteiger partial charge in [0.2, 0.25) is 5.88 Å². The smallest absolute Gasteiger partial charge is 0.349 e. The maximum atomic E-state index is 12.3. The molecule has 0 radical (unpaired) electrons. The molecule has 0 amide bonds. The first-order chi connectivity index (χ1) is 17.5. The number of hydrogen-bond acceptors (Lipinski definition) is 7. The number of nitrogens with zero attached hydrogens (tertiary/aromatic N) is 1. The van der Waals surface area contributed by atoms with E-state index in [1.807, 2.05) is 43.3 Å². The third-order valence-electron chi connectivity index (χ3n) is 5.78. The molecule has 0 spiro atoms. The molecule has 0 aromatic heterocycles. The first-order valence-electron chi connectivity index (χ1n) is 11.8. The van der Waals surface area contributed by atoms with Gasteiger partial charge in [-0.25, -0.2) is 4.79 Å². The van der Waals surface area contributed by atoms with Gasteiger partial charge in [-0.2, -0.15) is 5.26 Å². The molecule has 4 rings (SSSR count). The van der Waals surface area contributed by atoms with E-state index in [0.29, 0.717) is 23.7 Å². The summed E-state index contributed by atoms with van der Waals surface area (Å²) in [6.45, 7) is 4.50. The SMILES string of the molecule is CCCCOc1ccc(C2C(C#N)=C(N)Oc3cc(OC(=O)COc4ccc(C)cc4)ccc32)cc1. The standard InChI is InChI=1S/C29H28N2O5/c1-3-4-15-33-21-11-7-20(8-12-21)28-24-14-13-23(16-26(24)36-29(31)25(28)17-30)35-27(32)18-34-22-9-5-19(2)6-10-22/h5-14,16,28H,3-4,15,18,31H2,1-2H3. The van der Waals surface area contributed by atoms with E-state index in [4.69, 9.17) is 24.7 Å². The minimum absolute atomic E-state index is 0.0180. The van der Waals surface area contributed by atoms with Crippen molar-refractivity contribution >= 4 is 5.97 Å². The van der Waals surface area contributed by atoms with Crippen LogP contribution in [-0.2, 0) is 4.79 Å². The van der Waals surface area contributed by atoms with Gasteiger partial charge in [0.05, 0.1) is 12.5 Å². The molecule has 0 saturated carbocycles. The van der Waals surface area contributed by atoms with Crippen molar-refractivity contribution in [2.24, 2.45) is 5.73 Å². The summed E-state index contributed by atoms with van der Waals surface area (Å²) in [6, 6.07) is 22.2. The van der Waals surface area contributed by atoms with E-state index < -0.39 is 11.9 Å². The van der Waals surface area contributed by atoms with Gasteiger partial charge >= 0.3 is 5.97 Å². The average molecular weight is 485 g/mol. The largest absolute Gasteiger partial charge is 0.494 e. The number of carbonyl (C=O) groups is 1. The molecule has 1 unspecified atom stereocenters. The number of carbonyl (C=O) groups excluding carboxylic acids is 1. The fraction of sp³-hybridized carbons (Fsp3) is 0.241.